The van der Waals surface area contributed by atoms with Crippen molar-refractivity contribution in [3.8, 4) is 17.3 Å². The van der Waals surface area contributed by atoms with Crippen molar-refractivity contribution in [3.05, 3.63) is 58.6 Å². The number of anilines is 2. The lowest BCUT2D eigenvalue weighted by Gasteiger charge is -2.24. The second-order valence-corrected chi connectivity index (χ2v) is 10.2. The number of rotatable bonds is 4. The Morgan fingerprint density at radius 1 is 1.22 bits per heavy atom. The van der Waals surface area contributed by atoms with Crippen LogP contribution in [0.25, 0.3) is 17.2 Å². The van der Waals surface area contributed by atoms with E-state index in [1.807, 2.05) is 16.8 Å². The highest BCUT2D eigenvalue weighted by Crippen LogP contribution is 2.46. The number of nitrogens with two attached hydrogens (primary N) is 1. The van der Waals surface area contributed by atoms with E-state index in [-0.39, 0.29) is 22.5 Å². The maximum absolute atomic E-state index is 13.2. The molecule has 36 heavy (non-hydrogen) atoms. The Hall–Kier alpha value is -3.72. The summed E-state index contributed by atoms with van der Waals surface area (Å²) >= 11 is 5.98. The van der Waals surface area contributed by atoms with Gasteiger partial charge in [0.1, 0.15) is 28.5 Å². The normalized spacial score (nSPS) is 20.0. The van der Waals surface area contributed by atoms with Crippen LogP contribution in [0.4, 0.5) is 11.6 Å². The third-order valence-corrected chi connectivity index (χ3v) is 7.85. The Morgan fingerprint density at radius 3 is 2.81 bits per heavy atom. The molecule has 1 aliphatic heterocycles. The number of amides is 1. The molecule has 2 aliphatic rings. The van der Waals surface area contributed by atoms with Crippen LogP contribution < -0.4 is 11.1 Å². The number of benzene rings is 1. The first-order valence-corrected chi connectivity index (χ1v) is 12.5. The lowest BCUT2D eigenvalue weighted by Crippen LogP contribution is -2.32. The molecule has 1 amide bonds. The zero-order valence-corrected chi connectivity index (χ0v) is 20.6. The van der Waals surface area contributed by atoms with Crippen molar-refractivity contribution in [1.29, 1.82) is 0 Å². The molecule has 1 aromatic carbocycles. The van der Waals surface area contributed by atoms with E-state index in [1.165, 1.54) is 38.2 Å². The van der Waals surface area contributed by atoms with Gasteiger partial charge in [0.05, 0.1) is 16.3 Å². The van der Waals surface area contributed by atoms with E-state index in [0.29, 0.717) is 34.4 Å². The second kappa shape index (κ2) is 8.44. The lowest BCUT2D eigenvalue weighted by atomic mass is 9.77. The molecule has 3 aromatic heterocycles. The van der Waals surface area contributed by atoms with Crippen LogP contribution in [0.3, 0.4) is 0 Å². The Labute approximate surface area is 212 Å². The van der Waals surface area contributed by atoms with Gasteiger partial charge in [0, 0.05) is 18.6 Å². The van der Waals surface area contributed by atoms with Gasteiger partial charge in [-0.2, -0.15) is 0 Å². The number of carbonyl (C=O) groups is 1. The minimum atomic E-state index is -1.19. The molecule has 1 saturated carbocycles. The van der Waals surface area contributed by atoms with E-state index < -0.39 is 5.41 Å². The topological polar surface area (TPSA) is 131 Å². The number of halogens is 1. The van der Waals surface area contributed by atoms with Crippen molar-refractivity contribution in [2.45, 2.75) is 50.9 Å². The highest BCUT2D eigenvalue weighted by atomic mass is 35.5. The number of imidazole rings is 1. The van der Waals surface area contributed by atoms with Crippen molar-refractivity contribution in [2.75, 3.05) is 11.1 Å². The molecule has 4 heterocycles. The molecule has 0 radical (unpaired) electrons. The zero-order valence-electron chi connectivity index (χ0n) is 19.8. The van der Waals surface area contributed by atoms with Crippen molar-refractivity contribution >= 4 is 34.8 Å². The molecule has 1 fully saturated rings. The first-order chi connectivity index (χ1) is 17.3. The van der Waals surface area contributed by atoms with E-state index in [4.69, 9.17) is 22.3 Å². The third kappa shape index (κ3) is 3.57. The van der Waals surface area contributed by atoms with Crippen molar-refractivity contribution in [1.82, 2.24) is 24.3 Å². The predicted octanol–water partition coefficient (Wildman–Crippen LogP) is 4.51. The monoisotopic (exact) mass is 503 g/mol. The van der Waals surface area contributed by atoms with Crippen LogP contribution in [0.1, 0.15) is 55.8 Å². The number of nitrogens with one attached hydrogen (secondary N) is 1. The molecule has 4 N–H and O–H groups in total. The highest BCUT2D eigenvalue weighted by Gasteiger charge is 2.47. The maximum atomic E-state index is 13.2. The summed E-state index contributed by atoms with van der Waals surface area (Å²) in [5.41, 5.74) is 8.58. The highest BCUT2D eigenvalue weighted by molar-refractivity contribution is 6.32. The van der Waals surface area contributed by atoms with Crippen LogP contribution in [-0.4, -0.2) is 35.4 Å². The fourth-order valence-corrected chi connectivity index (χ4v) is 5.64. The molecule has 10 heteroatoms. The minimum Gasteiger partial charge on any atom is -0.506 e. The lowest BCUT2D eigenvalue weighted by molar-refractivity contribution is -0.119. The van der Waals surface area contributed by atoms with Crippen molar-refractivity contribution in [2.24, 2.45) is 5.92 Å². The zero-order chi connectivity index (χ0) is 25.0. The maximum Gasteiger partial charge on any atom is 0.240 e. The standard InChI is InChI=1S/C26H26ClN7O2/c1-26(15-7-8-16(27)19(35)12-15)20-21(28)31-22(32-23(20)33-25(26)36)18-13-34-10-9-29-24(34)17(30-18)11-14-5-3-2-4-6-14/h7-10,12-14,35H,2-6,11H2,1H3,(H3,28,31,32,33,36)/t26-/m1/s1. The average Bonchev–Trinajstić information content (AvgIpc) is 3.44. The Morgan fingerprint density at radius 2 is 2.03 bits per heavy atom. The average molecular weight is 504 g/mol. The smallest absolute Gasteiger partial charge is 0.240 e. The number of hydrogen-bond acceptors (Lipinski definition) is 7. The molecule has 1 atom stereocenters. The molecule has 0 unspecified atom stereocenters. The summed E-state index contributed by atoms with van der Waals surface area (Å²) in [5, 5.41) is 13.2. The van der Waals surface area contributed by atoms with Gasteiger partial charge in [-0.1, -0.05) is 49.8 Å². The SMILES string of the molecule is C[C@]1(c2ccc(Cl)c(O)c2)C(=O)Nc2nc(-c3cn4ccnc4c(CC4CCCCC4)n3)nc(N)c21. The van der Waals surface area contributed by atoms with E-state index in [2.05, 4.69) is 20.3 Å². The van der Waals surface area contributed by atoms with Gasteiger partial charge in [-0.05, 0) is 37.0 Å². The number of hydrogen-bond donors (Lipinski definition) is 3. The van der Waals surface area contributed by atoms with Gasteiger partial charge in [-0.25, -0.2) is 19.9 Å². The molecule has 6 rings (SSSR count). The number of carbonyl (C=O) groups excluding carboxylic acids is 1. The third-order valence-electron chi connectivity index (χ3n) is 7.53. The number of phenolic OH excluding ortho intramolecular Hbond substituents is 1. The van der Waals surface area contributed by atoms with Gasteiger partial charge in [-0.3, -0.25) is 4.79 Å². The van der Waals surface area contributed by atoms with E-state index in [0.717, 1.165) is 17.8 Å². The molecule has 0 bridgehead atoms. The molecule has 0 spiro atoms. The molecule has 184 valence electrons. The van der Waals surface area contributed by atoms with Gasteiger partial charge in [-0.15, -0.1) is 0 Å². The van der Waals surface area contributed by atoms with E-state index in [1.54, 1.807) is 25.3 Å². The Bertz CT molecular complexity index is 1510. The number of aromatic nitrogens is 5. The molecule has 0 saturated heterocycles. The summed E-state index contributed by atoms with van der Waals surface area (Å²) < 4.78 is 1.94. The summed E-state index contributed by atoms with van der Waals surface area (Å²) in [4.78, 5) is 31.9. The number of nitrogen functional groups attached to an aromatic ring is 1. The van der Waals surface area contributed by atoms with Crippen LogP contribution in [0.5, 0.6) is 5.75 Å². The largest absolute Gasteiger partial charge is 0.506 e. The van der Waals surface area contributed by atoms with Gasteiger partial charge in [0.2, 0.25) is 5.91 Å². The van der Waals surface area contributed by atoms with Crippen LogP contribution in [-0.2, 0) is 16.6 Å². The van der Waals surface area contributed by atoms with Crippen molar-refractivity contribution < 1.29 is 9.90 Å². The number of aromatic hydroxyl groups is 1. The van der Waals surface area contributed by atoms with Gasteiger partial charge in [0.15, 0.2) is 11.5 Å². The fraction of sp³-hybridized carbons (Fsp3) is 0.346. The Kier molecular flexibility index (Phi) is 5.33. The van der Waals surface area contributed by atoms with Gasteiger partial charge in [0.25, 0.3) is 0 Å². The summed E-state index contributed by atoms with van der Waals surface area (Å²) in [5.74, 6) is 0.996. The van der Waals surface area contributed by atoms with E-state index in [9.17, 15) is 9.90 Å². The Balaban J connectivity index is 1.43. The number of nitrogens with zero attached hydrogens (tertiary/aromatic N) is 5. The molecule has 9 nitrogen and oxygen atoms in total. The fourth-order valence-electron chi connectivity index (χ4n) is 5.53. The summed E-state index contributed by atoms with van der Waals surface area (Å²) in [6.45, 7) is 1.73. The molecular formula is C26H26ClN7O2. The molecule has 1 aliphatic carbocycles. The number of fused-ring (bicyclic) bond motifs is 2. The van der Waals surface area contributed by atoms with Gasteiger partial charge < -0.3 is 20.6 Å². The van der Waals surface area contributed by atoms with Crippen LogP contribution in [0, 0.1) is 5.92 Å². The van der Waals surface area contributed by atoms with E-state index >= 15 is 0 Å². The summed E-state index contributed by atoms with van der Waals surface area (Å²) in [6, 6.07) is 4.71. The summed E-state index contributed by atoms with van der Waals surface area (Å²) in [6.07, 6.45) is 12.5. The number of phenols is 1. The quantitative estimate of drug-likeness (QED) is 0.373. The molecule has 4 aromatic rings. The van der Waals surface area contributed by atoms with Crippen LogP contribution in [0.2, 0.25) is 5.02 Å². The van der Waals surface area contributed by atoms with Crippen molar-refractivity contribution in [3.63, 3.8) is 0 Å². The predicted molar refractivity (Wildman–Crippen MR) is 137 cm³/mol. The first kappa shape index (κ1) is 22.7. The van der Waals surface area contributed by atoms with Gasteiger partial charge >= 0.3 is 0 Å². The summed E-state index contributed by atoms with van der Waals surface area (Å²) in [7, 11) is 0. The van der Waals surface area contributed by atoms with Crippen LogP contribution >= 0.6 is 11.6 Å². The van der Waals surface area contributed by atoms with Crippen LogP contribution in [0.15, 0.2) is 36.8 Å². The first-order valence-electron chi connectivity index (χ1n) is 12.2. The molecular weight excluding hydrogens is 478 g/mol. The minimum absolute atomic E-state index is 0.115. The second-order valence-electron chi connectivity index (χ2n) is 9.84.